The summed E-state index contributed by atoms with van der Waals surface area (Å²) < 4.78 is 29.4. The van der Waals surface area contributed by atoms with Crippen LogP contribution < -0.4 is 15.2 Å². The molecule has 0 unspecified atom stereocenters. The van der Waals surface area contributed by atoms with Crippen LogP contribution in [0.5, 0.6) is 5.75 Å². The first-order valence-electron chi connectivity index (χ1n) is 4.42. The van der Waals surface area contributed by atoms with Crippen molar-refractivity contribution in [3.8, 4) is 5.75 Å². The van der Waals surface area contributed by atoms with E-state index in [1.807, 2.05) is 0 Å². The zero-order chi connectivity index (χ0) is 11.3. The molecular formula is C9H15ClN2O3S. The number of hydrogen-bond acceptors (Lipinski definition) is 4. The molecule has 1 aromatic rings. The third kappa shape index (κ3) is 5.79. The molecule has 5 nitrogen and oxygen atoms in total. The van der Waals surface area contributed by atoms with E-state index in [4.69, 9.17) is 10.5 Å². The third-order valence-electron chi connectivity index (χ3n) is 1.54. The zero-order valence-electron chi connectivity index (χ0n) is 8.84. The largest absolute Gasteiger partial charge is 0.492 e. The van der Waals surface area contributed by atoms with E-state index in [0.29, 0.717) is 24.6 Å². The van der Waals surface area contributed by atoms with E-state index in [1.54, 1.807) is 24.3 Å². The van der Waals surface area contributed by atoms with Gasteiger partial charge in [0.25, 0.3) is 0 Å². The number of nitrogens with two attached hydrogens (primary N) is 1. The fraction of sp³-hybridized carbons (Fsp3) is 0.333. The maximum absolute atomic E-state index is 10.9. The van der Waals surface area contributed by atoms with Crippen LogP contribution in [0.25, 0.3) is 0 Å². The summed E-state index contributed by atoms with van der Waals surface area (Å²) in [6.07, 6.45) is 1.10. The molecule has 7 heteroatoms. The molecular weight excluding hydrogens is 252 g/mol. The predicted octanol–water partition coefficient (Wildman–Crippen LogP) is 0.817. The normalized spacial score (nSPS) is 10.4. The smallest absolute Gasteiger partial charge is 0.229 e. The lowest BCUT2D eigenvalue weighted by Gasteiger charge is -2.06. The first-order valence-corrected chi connectivity index (χ1v) is 6.31. The topological polar surface area (TPSA) is 81.4 Å². The van der Waals surface area contributed by atoms with Gasteiger partial charge in [-0.25, -0.2) is 8.42 Å². The molecule has 16 heavy (non-hydrogen) atoms. The number of anilines is 1. The standard InChI is InChI=1S/C9H14N2O3S.ClH/c1-15(12,13)11-8-2-4-9(5-3-8)14-7-6-10;/h2-5,11H,6-7,10H2,1H3;1H. The van der Waals surface area contributed by atoms with Crippen LogP contribution in [0.1, 0.15) is 0 Å². The highest BCUT2D eigenvalue weighted by atomic mass is 35.5. The van der Waals surface area contributed by atoms with E-state index in [0.717, 1.165) is 6.26 Å². The summed E-state index contributed by atoms with van der Waals surface area (Å²) in [5, 5.41) is 0. The number of hydrogen-bond donors (Lipinski definition) is 2. The Balaban J connectivity index is 0.00000225. The average Bonchev–Trinajstić information content (AvgIpc) is 2.14. The van der Waals surface area contributed by atoms with Gasteiger partial charge in [-0.1, -0.05) is 0 Å². The Labute approximate surface area is 101 Å². The van der Waals surface area contributed by atoms with Crippen LogP contribution >= 0.6 is 12.4 Å². The molecule has 0 aliphatic heterocycles. The maximum atomic E-state index is 10.9. The van der Waals surface area contributed by atoms with Crippen LogP contribution in [0.15, 0.2) is 24.3 Å². The second kappa shape index (κ2) is 6.57. The first-order chi connectivity index (χ1) is 7.01. The number of sulfonamides is 1. The van der Waals surface area contributed by atoms with E-state index >= 15 is 0 Å². The second-order valence-electron chi connectivity index (χ2n) is 3.04. The van der Waals surface area contributed by atoms with Crippen LogP contribution in [-0.2, 0) is 10.0 Å². The average molecular weight is 267 g/mol. The molecule has 0 fully saturated rings. The van der Waals surface area contributed by atoms with Gasteiger partial charge < -0.3 is 10.5 Å². The lowest BCUT2D eigenvalue weighted by molar-refractivity contribution is 0.328. The van der Waals surface area contributed by atoms with E-state index < -0.39 is 10.0 Å². The van der Waals surface area contributed by atoms with E-state index in [1.165, 1.54) is 0 Å². The van der Waals surface area contributed by atoms with Crippen molar-refractivity contribution >= 4 is 28.1 Å². The van der Waals surface area contributed by atoms with Crippen LogP contribution in [-0.4, -0.2) is 27.8 Å². The Morgan fingerprint density at radius 1 is 1.31 bits per heavy atom. The Hall–Kier alpha value is -0.980. The Kier molecular flexibility index (Phi) is 6.17. The highest BCUT2D eigenvalue weighted by molar-refractivity contribution is 7.92. The van der Waals surface area contributed by atoms with Gasteiger partial charge in [-0.2, -0.15) is 0 Å². The molecule has 3 N–H and O–H groups in total. The fourth-order valence-corrected chi connectivity index (χ4v) is 1.57. The predicted molar refractivity (Wildman–Crippen MR) is 66.7 cm³/mol. The van der Waals surface area contributed by atoms with Crippen LogP contribution in [0.3, 0.4) is 0 Å². The number of ether oxygens (including phenoxy) is 1. The molecule has 0 atom stereocenters. The Morgan fingerprint density at radius 3 is 2.31 bits per heavy atom. The molecule has 92 valence electrons. The molecule has 0 aromatic heterocycles. The molecule has 0 spiro atoms. The minimum atomic E-state index is -3.22. The van der Waals surface area contributed by atoms with Gasteiger partial charge in [-0.3, -0.25) is 4.72 Å². The molecule has 0 saturated heterocycles. The van der Waals surface area contributed by atoms with Crippen molar-refractivity contribution in [2.75, 3.05) is 24.1 Å². The molecule has 0 aliphatic rings. The van der Waals surface area contributed by atoms with Crippen LogP contribution in [0.2, 0.25) is 0 Å². The van der Waals surface area contributed by atoms with Crippen molar-refractivity contribution in [3.05, 3.63) is 24.3 Å². The molecule has 0 amide bonds. The number of rotatable bonds is 5. The molecule has 1 aromatic carbocycles. The molecule has 1 rings (SSSR count). The third-order valence-corrected chi connectivity index (χ3v) is 2.15. The van der Waals surface area contributed by atoms with E-state index in [2.05, 4.69) is 4.72 Å². The zero-order valence-corrected chi connectivity index (χ0v) is 10.5. The van der Waals surface area contributed by atoms with Crippen LogP contribution in [0, 0.1) is 0 Å². The summed E-state index contributed by atoms with van der Waals surface area (Å²) in [7, 11) is -3.22. The minimum absolute atomic E-state index is 0. The summed E-state index contributed by atoms with van der Waals surface area (Å²) >= 11 is 0. The SMILES string of the molecule is CS(=O)(=O)Nc1ccc(OCCN)cc1.Cl. The molecule has 0 heterocycles. The van der Waals surface area contributed by atoms with Gasteiger partial charge in [0.2, 0.25) is 10.0 Å². The van der Waals surface area contributed by atoms with Gasteiger partial charge in [0.1, 0.15) is 12.4 Å². The number of benzene rings is 1. The molecule has 0 saturated carbocycles. The summed E-state index contributed by atoms with van der Waals surface area (Å²) in [6.45, 7) is 0.891. The summed E-state index contributed by atoms with van der Waals surface area (Å²) in [5.41, 5.74) is 5.78. The Morgan fingerprint density at radius 2 is 1.88 bits per heavy atom. The highest BCUT2D eigenvalue weighted by Crippen LogP contribution is 2.16. The first kappa shape index (κ1) is 15.0. The van der Waals surface area contributed by atoms with Gasteiger partial charge in [0, 0.05) is 12.2 Å². The monoisotopic (exact) mass is 266 g/mol. The van der Waals surface area contributed by atoms with Crippen molar-refractivity contribution < 1.29 is 13.2 Å². The molecule has 0 aliphatic carbocycles. The van der Waals surface area contributed by atoms with Crippen molar-refractivity contribution in [1.82, 2.24) is 0 Å². The van der Waals surface area contributed by atoms with Gasteiger partial charge in [-0.05, 0) is 24.3 Å². The van der Waals surface area contributed by atoms with Crippen molar-refractivity contribution in [3.63, 3.8) is 0 Å². The minimum Gasteiger partial charge on any atom is -0.492 e. The van der Waals surface area contributed by atoms with Gasteiger partial charge in [0.15, 0.2) is 0 Å². The van der Waals surface area contributed by atoms with Crippen molar-refractivity contribution in [1.29, 1.82) is 0 Å². The van der Waals surface area contributed by atoms with Gasteiger partial charge >= 0.3 is 0 Å². The lowest BCUT2D eigenvalue weighted by Crippen LogP contribution is -2.11. The van der Waals surface area contributed by atoms with Crippen molar-refractivity contribution in [2.45, 2.75) is 0 Å². The molecule has 0 radical (unpaired) electrons. The second-order valence-corrected chi connectivity index (χ2v) is 4.78. The summed E-state index contributed by atoms with van der Waals surface area (Å²) in [4.78, 5) is 0. The van der Waals surface area contributed by atoms with Crippen LogP contribution in [0.4, 0.5) is 5.69 Å². The fourth-order valence-electron chi connectivity index (χ4n) is 1.01. The highest BCUT2D eigenvalue weighted by Gasteiger charge is 2.01. The maximum Gasteiger partial charge on any atom is 0.229 e. The van der Waals surface area contributed by atoms with Crippen molar-refractivity contribution in [2.24, 2.45) is 5.73 Å². The quantitative estimate of drug-likeness (QED) is 0.827. The van der Waals surface area contributed by atoms with E-state index in [9.17, 15) is 8.42 Å². The van der Waals surface area contributed by atoms with E-state index in [-0.39, 0.29) is 12.4 Å². The summed E-state index contributed by atoms with van der Waals surface area (Å²) in [5.74, 6) is 0.666. The molecule has 0 bridgehead atoms. The lowest BCUT2D eigenvalue weighted by atomic mass is 10.3. The number of halogens is 1. The van der Waals surface area contributed by atoms with Gasteiger partial charge in [-0.15, -0.1) is 12.4 Å². The van der Waals surface area contributed by atoms with Gasteiger partial charge in [0.05, 0.1) is 6.26 Å². The summed E-state index contributed by atoms with van der Waals surface area (Å²) in [6, 6.07) is 6.63. The number of nitrogens with one attached hydrogen (secondary N) is 1. The Bertz CT molecular complexity index is 405.